The molecule has 2 aliphatic heterocycles. The minimum Gasteiger partial charge on any atom is -0.490 e. The zero-order valence-electron chi connectivity index (χ0n) is 11.2. The molecule has 2 aliphatic rings. The van der Waals surface area contributed by atoms with Gasteiger partial charge in [-0.05, 0) is 35.9 Å². The van der Waals surface area contributed by atoms with Gasteiger partial charge < -0.3 is 9.47 Å². The first kappa shape index (κ1) is 15.2. The fraction of sp³-hybridized carbons (Fsp3) is 0.600. The molecule has 3 rings (SSSR count). The van der Waals surface area contributed by atoms with Gasteiger partial charge in [-0.25, -0.2) is 0 Å². The van der Waals surface area contributed by atoms with Gasteiger partial charge in [0.05, 0.1) is 12.2 Å². The first-order chi connectivity index (χ1) is 9.71. The van der Waals surface area contributed by atoms with Crippen LogP contribution < -0.4 is 4.74 Å². The molecule has 2 atom stereocenters. The molecule has 5 heteroatoms. The van der Waals surface area contributed by atoms with Crippen molar-refractivity contribution in [1.82, 2.24) is 0 Å². The van der Waals surface area contributed by atoms with E-state index in [-0.39, 0.29) is 11.7 Å². The van der Waals surface area contributed by atoms with Crippen molar-refractivity contribution in [2.24, 2.45) is 0 Å². The molecular formula is C15H18Br2O2S. The summed E-state index contributed by atoms with van der Waals surface area (Å²) in [6.45, 7) is 0.826. The molecule has 0 aromatic heterocycles. The second-order valence-corrected chi connectivity index (χ2v) is 7.97. The van der Waals surface area contributed by atoms with E-state index in [9.17, 15) is 0 Å². The third-order valence-corrected chi connectivity index (χ3v) is 6.58. The van der Waals surface area contributed by atoms with E-state index in [1.165, 1.54) is 17.7 Å². The topological polar surface area (TPSA) is 18.5 Å². The van der Waals surface area contributed by atoms with Crippen LogP contribution in [0.25, 0.3) is 0 Å². The Morgan fingerprint density at radius 1 is 1.45 bits per heavy atom. The molecule has 2 nitrogen and oxygen atoms in total. The van der Waals surface area contributed by atoms with Gasteiger partial charge in [0.1, 0.15) is 11.9 Å². The Balaban J connectivity index is 1.68. The van der Waals surface area contributed by atoms with Crippen molar-refractivity contribution in [2.45, 2.75) is 36.3 Å². The minimum absolute atomic E-state index is 0.0845. The van der Waals surface area contributed by atoms with Crippen LogP contribution in [0.5, 0.6) is 5.75 Å². The van der Waals surface area contributed by atoms with Crippen LogP contribution in [0.3, 0.4) is 0 Å². The number of hydrogen-bond acceptors (Lipinski definition) is 3. The molecule has 0 bridgehead atoms. The zero-order chi connectivity index (χ0) is 14.0. The lowest BCUT2D eigenvalue weighted by molar-refractivity contribution is -0.0959. The van der Waals surface area contributed by atoms with Gasteiger partial charge >= 0.3 is 0 Å². The number of halogens is 2. The highest BCUT2D eigenvalue weighted by molar-refractivity contribution is 9.10. The molecule has 1 spiro atoms. The van der Waals surface area contributed by atoms with Crippen molar-refractivity contribution in [3.63, 3.8) is 0 Å². The monoisotopic (exact) mass is 420 g/mol. The Kier molecular flexibility index (Phi) is 5.01. The van der Waals surface area contributed by atoms with Crippen molar-refractivity contribution < 1.29 is 9.47 Å². The highest BCUT2D eigenvalue weighted by atomic mass is 79.9. The molecule has 0 aliphatic carbocycles. The molecule has 2 heterocycles. The largest absolute Gasteiger partial charge is 0.490 e. The number of ether oxygens (including phenoxy) is 2. The van der Waals surface area contributed by atoms with E-state index in [0.717, 1.165) is 40.8 Å². The summed E-state index contributed by atoms with van der Waals surface area (Å²) in [5, 5.41) is 0.832. The van der Waals surface area contributed by atoms with Gasteiger partial charge in [-0.1, -0.05) is 31.9 Å². The summed E-state index contributed by atoms with van der Waals surface area (Å²) in [6, 6.07) is 6.22. The van der Waals surface area contributed by atoms with Crippen molar-refractivity contribution in [3.8, 4) is 5.75 Å². The SMILES string of the molecule is BrCc1cc(OC2CCOC3(CCSC3)C2)ccc1Br. The fourth-order valence-electron chi connectivity index (χ4n) is 2.87. The van der Waals surface area contributed by atoms with Gasteiger partial charge in [0, 0.05) is 28.4 Å². The standard InChI is InChI=1S/C15H18Br2O2S/c16-9-11-7-12(1-2-14(11)17)19-13-3-5-18-15(8-13)4-6-20-10-15/h1-2,7,13H,3-6,8-10H2. The van der Waals surface area contributed by atoms with Crippen molar-refractivity contribution >= 4 is 43.6 Å². The second kappa shape index (κ2) is 6.59. The molecule has 1 aromatic rings. The summed E-state index contributed by atoms with van der Waals surface area (Å²) in [5.41, 5.74) is 1.31. The molecule has 0 saturated carbocycles. The van der Waals surface area contributed by atoms with E-state index >= 15 is 0 Å². The summed E-state index contributed by atoms with van der Waals surface area (Å²) in [7, 11) is 0. The van der Waals surface area contributed by atoms with Crippen LogP contribution in [0.2, 0.25) is 0 Å². The smallest absolute Gasteiger partial charge is 0.120 e. The van der Waals surface area contributed by atoms with Crippen LogP contribution in [0.15, 0.2) is 22.7 Å². The maximum atomic E-state index is 6.21. The van der Waals surface area contributed by atoms with Gasteiger partial charge in [-0.3, -0.25) is 0 Å². The average molecular weight is 422 g/mol. The third-order valence-electron chi connectivity index (χ3n) is 3.98. The number of alkyl halides is 1. The van der Waals surface area contributed by atoms with E-state index in [4.69, 9.17) is 9.47 Å². The van der Waals surface area contributed by atoms with E-state index in [0.29, 0.717) is 0 Å². The van der Waals surface area contributed by atoms with Gasteiger partial charge in [0.15, 0.2) is 0 Å². The molecule has 0 N–H and O–H groups in total. The molecule has 2 saturated heterocycles. The van der Waals surface area contributed by atoms with Crippen molar-refractivity contribution in [1.29, 1.82) is 0 Å². The molecule has 0 radical (unpaired) electrons. The van der Waals surface area contributed by atoms with Gasteiger partial charge in [0.25, 0.3) is 0 Å². The Morgan fingerprint density at radius 2 is 2.35 bits per heavy atom. The van der Waals surface area contributed by atoms with Crippen LogP contribution in [0, 0.1) is 0 Å². The Labute approximate surface area is 141 Å². The molecular weight excluding hydrogens is 404 g/mol. The van der Waals surface area contributed by atoms with E-state index in [1.807, 2.05) is 17.8 Å². The first-order valence-electron chi connectivity index (χ1n) is 6.93. The lowest BCUT2D eigenvalue weighted by atomic mass is 9.91. The predicted octanol–water partition coefficient (Wildman–Crippen LogP) is 4.78. The Morgan fingerprint density at radius 3 is 3.10 bits per heavy atom. The van der Waals surface area contributed by atoms with Gasteiger partial charge in [-0.2, -0.15) is 11.8 Å². The zero-order valence-corrected chi connectivity index (χ0v) is 15.2. The van der Waals surface area contributed by atoms with Gasteiger partial charge in [0.2, 0.25) is 0 Å². The summed E-state index contributed by atoms with van der Waals surface area (Å²) >= 11 is 9.07. The number of thioether (sulfide) groups is 1. The summed E-state index contributed by atoms with van der Waals surface area (Å²) in [6.07, 6.45) is 3.47. The van der Waals surface area contributed by atoms with Crippen LogP contribution >= 0.6 is 43.6 Å². The number of benzene rings is 1. The lowest BCUT2D eigenvalue weighted by Gasteiger charge is -2.37. The van der Waals surface area contributed by atoms with Crippen molar-refractivity contribution in [3.05, 3.63) is 28.2 Å². The van der Waals surface area contributed by atoms with Crippen LogP contribution in [-0.2, 0) is 10.1 Å². The molecule has 0 amide bonds. The number of rotatable bonds is 3. The van der Waals surface area contributed by atoms with Crippen LogP contribution in [0.4, 0.5) is 0 Å². The summed E-state index contributed by atoms with van der Waals surface area (Å²) in [5.74, 6) is 3.31. The normalized spacial score (nSPS) is 29.8. The van der Waals surface area contributed by atoms with E-state index in [2.05, 4.69) is 44.0 Å². The van der Waals surface area contributed by atoms with Crippen molar-refractivity contribution in [2.75, 3.05) is 18.1 Å². The predicted molar refractivity (Wildman–Crippen MR) is 91.0 cm³/mol. The number of hydrogen-bond donors (Lipinski definition) is 0. The molecule has 110 valence electrons. The molecule has 2 fully saturated rings. The van der Waals surface area contributed by atoms with E-state index < -0.39 is 0 Å². The molecule has 1 aromatic carbocycles. The first-order valence-corrected chi connectivity index (χ1v) is 10.0. The van der Waals surface area contributed by atoms with Gasteiger partial charge in [-0.15, -0.1) is 0 Å². The van der Waals surface area contributed by atoms with E-state index in [1.54, 1.807) is 0 Å². The molecule has 20 heavy (non-hydrogen) atoms. The fourth-order valence-corrected chi connectivity index (χ4v) is 5.47. The van der Waals surface area contributed by atoms with Crippen LogP contribution in [0.1, 0.15) is 24.8 Å². The second-order valence-electron chi connectivity index (χ2n) is 5.45. The maximum absolute atomic E-state index is 6.21. The Hall–Kier alpha value is 0.290. The highest BCUT2D eigenvalue weighted by Crippen LogP contribution is 2.39. The quantitative estimate of drug-likeness (QED) is 0.654. The van der Waals surface area contributed by atoms with Crippen LogP contribution in [-0.4, -0.2) is 29.8 Å². The summed E-state index contributed by atoms with van der Waals surface area (Å²) in [4.78, 5) is 0. The lowest BCUT2D eigenvalue weighted by Crippen LogP contribution is -2.43. The maximum Gasteiger partial charge on any atom is 0.120 e. The summed E-state index contributed by atoms with van der Waals surface area (Å²) < 4.78 is 13.4. The molecule has 2 unspecified atom stereocenters. The Bertz CT molecular complexity index is 475. The average Bonchev–Trinajstić information content (AvgIpc) is 2.89. The third kappa shape index (κ3) is 3.37. The minimum atomic E-state index is 0.0845. The highest BCUT2D eigenvalue weighted by Gasteiger charge is 2.41.